The van der Waals surface area contributed by atoms with Crippen LogP contribution in [0.15, 0.2) is 11.6 Å². The Morgan fingerprint density at radius 3 is 2.74 bits per heavy atom. The van der Waals surface area contributed by atoms with Gasteiger partial charge in [0.1, 0.15) is 0 Å². The van der Waals surface area contributed by atoms with Gasteiger partial charge in [-0.1, -0.05) is 12.5 Å². The van der Waals surface area contributed by atoms with Crippen molar-refractivity contribution in [2.24, 2.45) is 46.3 Å². The number of carbonyl (C=O) groups excluding carboxylic acids is 1. The van der Waals surface area contributed by atoms with Crippen LogP contribution in [-0.4, -0.2) is 5.78 Å². The van der Waals surface area contributed by atoms with Crippen molar-refractivity contribution >= 4 is 5.78 Å². The first-order chi connectivity index (χ1) is 11.0. The summed E-state index contributed by atoms with van der Waals surface area (Å²) in [5, 5.41) is 9.94. The van der Waals surface area contributed by atoms with E-state index in [1.807, 2.05) is 6.08 Å². The molecule has 2 nitrogen and oxygen atoms in total. The molecule has 0 amide bonds. The van der Waals surface area contributed by atoms with Gasteiger partial charge in [-0.05, 0) is 92.4 Å². The van der Waals surface area contributed by atoms with Crippen molar-refractivity contribution < 1.29 is 4.79 Å². The Hall–Kier alpha value is -1.10. The zero-order chi connectivity index (χ0) is 16.0. The number of hydrogen-bond donors (Lipinski definition) is 0. The lowest BCUT2D eigenvalue weighted by Crippen LogP contribution is -2.50. The third-order valence-electron chi connectivity index (χ3n) is 9.01. The first-order valence-corrected chi connectivity index (χ1v) is 9.64. The number of rotatable bonds is 0. The third kappa shape index (κ3) is 1.57. The molecule has 23 heavy (non-hydrogen) atoms. The maximum Gasteiger partial charge on any atom is 0.155 e. The molecule has 0 aromatic carbocycles. The van der Waals surface area contributed by atoms with Crippen LogP contribution in [-0.2, 0) is 4.79 Å². The first kappa shape index (κ1) is 14.3. The van der Waals surface area contributed by atoms with Crippen molar-refractivity contribution in [3.05, 3.63) is 11.6 Å². The summed E-state index contributed by atoms with van der Waals surface area (Å²) in [5.41, 5.74) is 1.62. The highest BCUT2D eigenvalue weighted by Gasteiger charge is 2.74. The van der Waals surface area contributed by atoms with Gasteiger partial charge in [0.15, 0.2) is 5.78 Å². The largest absolute Gasteiger partial charge is 0.295 e. The molecule has 2 heteroatoms. The molecule has 4 saturated carbocycles. The van der Waals surface area contributed by atoms with Crippen LogP contribution in [0.25, 0.3) is 0 Å². The van der Waals surface area contributed by atoms with E-state index in [-0.39, 0.29) is 10.8 Å². The molecule has 0 N–H and O–H groups in total. The average Bonchev–Trinajstić information content (AvgIpc) is 3.30. The maximum absolute atomic E-state index is 11.8. The molecule has 0 radical (unpaired) electrons. The number of carbonyl (C=O) groups is 1. The molecule has 0 aliphatic heterocycles. The second-order valence-electron chi connectivity index (χ2n) is 9.50. The maximum atomic E-state index is 11.8. The van der Waals surface area contributed by atoms with Crippen LogP contribution in [0, 0.1) is 57.7 Å². The number of fused-ring (bicyclic) bond motifs is 7. The van der Waals surface area contributed by atoms with E-state index >= 15 is 0 Å². The monoisotopic (exact) mass is 309 g/mol. The molecule has 0 spiro atoms. The quantitative estimate of drug-likeness (QED) is 0.660. The van der Waals surface area contributed by atoms with Crippen molar-refractivity contribution in [3.8, 4) is 6.07 Å². The SMILES string of the molecule is CC12CCC3C4CCC(=O)C=C4CCC3C1C1C[C@@H]1[C@]2(C)C#N. The van der Waals surface area contributed by atoms with Gasteiger partial charge in [0.25, 0.3) is 0 Å². The van der Waals surface area contributed by atoms with Crippen LogP contribution in [0.4, 0.5) is 0 Å². The Bertz CT molecular complexity index is 657. The Kier molecular flexibility index (Phi) is 2.66. The van der Waals surface area contributed by atoms with Crippen LogP contribution in [0.5, 0.6) is 0 Å². The smallest absolute Gasteiger partial charge is 0.155 e. The second-order valence-corrected chi connectivity index (χ2v) is 9.50. The lowest BCUT2D eigenvalue weighted by atomic mass is 9.47. The fourth-order valence-electron chi connectivity index (χ4n) is 7.73. The zero-order valence-electron chi connectivity index (χ0n) is 14.3. The second kappa shape index (κ2) is 4.29. The van der Waals surface area contributed by atoms with E-state index in [1.165, 1.54) is 31.3 Å². The molecule has 0 saturated heterocycles. The summed E-state index contributed by atoms with van der Waals surface area (Å²) in [5.74, 6) is 4.92. The van der Waals surface area contributed by atoms with Crippen LogP contribution in [0.1, 0.15) is 58.8 Å². The van der Waals surface area contributed by atoms with E-state index in [1.54, 1.807) is 0 Å². The molecule has 0 bridgehead atoms. The van der Waals surface area contributed by atoms with E-state index < -0.39 is 0 Å². The van der Waals surface area contributed by atoms with Gasteiger partial charge in [0, 0.05) is 6.42 Å². The van der Waals surface area contributed by atoms with E-state index in [0.717, 1.165) is 42.9 Å². The molecule has 122 valence electrons. The van der Waals surface area contributed by atoms with Gasteiger partial charge in [0.05, 0.1) is 11.5 Å². The fourth-order valence-corrected chi connectivity index (χ4v) is 7.73. The average molecular weight is 309 g/mol. The Balaban J connectivity index is 1.52. The molecule has 5 rings (SSSR count). The number of allylic oxidation sites excluding steroid dienone is 1. The van der Waals surface area contributed by atoms with E-state index in [0.29, 0.717) is 17.6 Å². The van der Waals surface area contributed by atoms with Gasteiger partial charge in [-0.25, -0.2) is 0 Å². The molecule has 5 aliphatic rings. The Labute approximate surface area is 139 Å². The predicted octanol–water partition coefficient (Wildman–Crippen LogP) is 4.51. The van der Waals surface area contributed by atoms with Gasteiger partial charge in [0.2, 0.25) is 0 Å². The summed E-state index contributed by atoms with van der Waals surface area (Å²) in [6.45, 7) is 4.71. The summed E-state index contributed by atoms with van der Waals surface area (Å²) in [6, 6.07) is 2.77. The summed E-state index contributed by atoms with van der Waals surface area (Å²) in [4.78, 5) is 11.8. The summed E-state index contributed by atoms with van der Waals surface area (Å²) < 4.78 is 0. The van der Waals surface area contributed by atoms with Crippen LogP contribution in [0.3, 0.4) is 0 Å². The van der Waals surface area contributed by atoms with Gasteiger partial charge in [-0.2, -0.15) is 5.26 Å². The van der Waals surface area contributed by atoms with Crippen molar-refractivity contribution in [1.82, 2.24) is 0 Å². The summed E-state index contributed by atoms with van der Waals surface area (Å²) in [7, 11) is 0. The molecule has 0 aromatic rings. The molecular formula is C21H27NO. The highest BCUT2D eigenvalue weighted by molar-refractivity contribution is 5.91. The standard InChI is InChI=1S/C21H27NO/c1-20-8-7-15-14-6-4-13(23)9-12(14)3-5-16(15)19(20)17-10-18(17)21(20,2)11-22/h9,14-19H,3-8,10H2,1-2H3/t14?,15?,16?,17?,18-,19?,20?,21-/m0/s1. The van der Waals surface area contributed by atoms with Gasteiger partial charge < -0.3 is 0 Å². The Morgan fingerprint density at radius 2 is 1.96 bits per heavy atom. The summed E-state index contributed by atoms with van der Waals surface area (Å²) in [6.07, 6.45) is 10.1. The van der Waals surface area contributed by atoms with Crippen molar-refractivity contribution in [3.63, 3.8) is 0 Å². The number of hydrogen-bond acceptors (Lipinski definition) is 2. The van der Waals surface area contributed by atoms with Gasteiger partial charge in [-0.15, -0.1) is 0 Å². The first-order valence-electron chi connectivity index (χ1n) is 9.64. The van der Waals surface area contributed by atoms with Crippen LogP contribution in [0.2, 0.25) is 0 Å². The van der Waals surface area contributed by atoms with Gasteiger partial charge >= 0.3 is 0 Å². The Morgan fingerprint density at radius 1 is 1.13 bits per heavy atom. The van der Waals surface area contributed by atoms with Crippen LogP contribution >= 0.6 is 0 Å². The number of nitrogens with zero attached hydrogens (tertiary/aromatic N) is 1. The predicted molar refractivity (Wildman–Crippen MR) is 88.2 cm³/mol. The fraction of sp³-hybridized carbons (Fsp3) is 0.810. The summed E-state index contributed by atoms with van der Waals surface area (Å²) >= 11 is 0. The van der Waals surface area contributed by atoms with Crippen LogP contribution < -0.4 is 0 Å². The molecule has 8 atom stereocenters. The van der Waals surface area contributed by atoms with Crippen molar-refractivity contribution in [2.45, 2.75) is 58.8 Å². The molecule has 0 heterocycles. The van der Waals surface area contributed by atoms with E-state index in [9.17, 15) is 10.1 Å². The molecular weight excluding hydrogens is 282 g/mol. The van der Waals surface area contributed by atoms with Crippen molar-refractivity contribution in [2.75, 3.05) is 0 Å². The minimum atomic E-state index is -0.0913. The minimum Gasteiger partial charge on any atom is -0.295 e. The number of ketones is 1. The number of nitriles is 1. The molecule has 6 unspecified atom stereocenters. The normalized spacial score (nSPS) is 56.6. The zero-order valence-corrected chi connectivity index (χ0v) is 14.3. The van der Waals surface area contributed by atoms with E-state index in [2.05, 4.69) is 19.9 Å². The van der Waals surface area contributed by atoms with Crippen molar-refractivity contribution in [1.29, 1.82) is 5.26 Å². The minimum absolute atomic E-state index is 0.0913. The topological polar surface area (TPSA) is 40.9 Å². The highest BCUT2D eigenvalue weighted by Crippen LogP contribution is 2.78. The molecule has 0 aromatic heterocycles. The molecule has 5 aliphatic carbocycles. The van der Waals surface area contributed by atoms with Gasteiger partial charge in [-0.3, -0.25) is 4.79 Å². The molecule has 4 fully saturated rings. The lowest BCUT2D eigenvalue weighted by molar-refractivity contribution is -0.116. The highest BCUT2D eigenvalue weighted by atomic mass is 16.1. The third-order valence-corrected chi connectivity index (χ3v) is 9.01. The lowest BCUT2D eigenvalue weighted by Gasteiger charge is -2.56. The van der Waals surface area contributed by atoms with E-state index in [4.69, 9.17) is 0 Å².